The minimum Gasteiger partial charge on any atom is -0.493 e. The lowest BCUT2D eigenvalue weighted by molar-refractivity contribution is 0.356. The molecule has 0 radical (unpaired) electrons. The molecular formula is C17H19N3O4S. The number of ether oxygens (including phenoxy) is 2. The van der Waals surface area contributed by atoms with Crippen LogP contribution in [-0.4, -0.2) is 38.2 Å². The number of rotatable bonds is 6. The minimum absolute atomic E-state index is 0.0754. The number of hydrogen-bond donors (Lipinski definition) is 1. The van der Waals surface area contributed by atoms with E-state index in [4.69, 9.17) is 14.6 Å². The molecule has 0 amide bonds. The molecule has 7 nitrogen and oxygen atoms in total. The van der Waals surface area contributed by atoms with Crippen molar-refractivity contribution < 1.29 is 17.9 Å². The number of fused-ring (bicyclic) bond motifs is 1. The predicted octanol–water partition coefficient (Wildman–Crippen LogP) is 1.87. The van der Waals surface area contributed by atoms with E-state index in [0.29, 0.717) is 17.9 Å². The summed E-state index contributed by atoms with van der Waals surface area (Å²) in [6.45, 7) is 0. The average Bonchev–Trinajstić information content (AvgIpc) is 3.01. The van der Waals surface area contributed by atoms with Gasteiger partial charge in [0, 0.05) is 11.5 Å². The zero-order valence-electron chi connectivity index (χ0n) is 14.0. The number of benzene rings is 2. The highest BCUT2D eigenvalue weighted by Crippen LogP contribution is 2.32. The van der Waals surface area contributed by atoms with Crippen molar-refractivity contribution in [3.63, 3.8) is 0 Å². The number of sulfonamides is 1. The SMILES string of the molecule is COc1cc2cnn(-c3ccc(CCS(N)(=O)=O)cc3)c2cc1OC. The maximum Gasteiger partial charge on any atom is 0.209 e. The van der Waals surface area contributed by atoms with E-state index in [2.05, 4.69) is 5.10 Å². The monoisotopic (exact) mass is 361 g/mol. The summed E-state index contributed by atoms with van der Waals surface area (Å²) in [4.78, 5) is 0. The maximum atomic E-state index is 11.1. The van der Waals surface area contributed by atoms with E-state index < -0.39 is 10.0 Å². The molecule has 0 unspecified atom stereocenters. The Kier molecular flexibility index (Phi) is 4.65. The molecular weight excluding hydrogens is 342 g/mol. The van der Waals surface area contributed by atoms with Crippen molar-refractivity contribution in [2.45, 2.75) is 6.42 Å². The summed E-state index contributed by atoms with van der Waals surface area (Å²) in [7, 11) is -0.282. The van der Waals surface area contributed by atoms with Gasteiger partial charge in [-0.25, -0.2) is 18.2 Å². The van der Waals surface area contributed by atoms with Gasteiger partial charge < -0.3 is 9.47 Å². The fourth-order valence-electron chi connectivity index (χ4n) is 2.62. The average molecular weight is 361 g/mol. The van der Waals surface area contributed by atoms with Crippen molar-refractivity contribution in [3.8, 4) is 17.2 Å². The van der Waals surface area contributed by atoms with Crippen molar-refractivity contribution in [3.05, 3.63) is 48.2 Å². The molecule has 1 aromatic heterocycles. The van der Waals surface area contributed by atoms with Gasteiger partial charge in [0.15, 0.2) is 11.5 Å². The van der Waals surface area contributed by atoms with Gasteiger partial charge in [0.1, 0.15) is 0 Å². The Morgan fingerprint density at radius 3 is 2.32 bits per heavy atom. The largest absolute Gasteiger partial charge is 0.493 e. The first kappa shape index (κ1) is 17.2. The van der Waals surface area contributed by atoms with Crippen molar-refractivity contribution >= 4 is 20.9 Å². The van der Waals surface area contributed by atoms with Crippen molar-refractivity contribution in [1.82, 2.24) is 9.78 Å². The third kappa shape index (κ3) is 3.75. The normalized spacial score (nSPS) is 11.6. The number of primary sulfonamides is 1. The van der Waals surface area contributed by atoms with Crippen molar-refractivity contribution in [2.24, 2.45) is 5.14 Å². The van der Waals surface area contributed by atoms with Crippen LogP contribution >= 0.6 is 0 Å². The van der Waals surface area contributed by atoms with E-state index in [1.807, 2.05) is 36.4 Å². The number of aromatic nitrogens is 2. The van der Waals surface area contributed by atoms with Gasteiger partial charge in [-0.3, -0.25) is 0 Å². The van der Waals surface area contributed by atoms with Crippen LogP contribution in [0.15, 0.2) is 42.6 Å². The molecule has 0 fully saturated rings. The third-order valence-corrected chi connectivity index (χ3v) is 4.70. The quantitative estimate of drug-likeness (QED) is 0.723. The fourth-order valence-corrected chi connectivity index (χ4v) is 3.14. The van der Waals surface area contributed by atoms with Crippen LogP contribution < -0.4 is 14.6 Å². The number of hydrogen-bond acceptors (Lipinski definition) is 5. The van der Waals surface area contributed by atoms with E-state index in [0.717, 1.165) is 22.2 Å². The summed E-state index contributed by atoms with van der Waals surface area (Å²) >= 11 is 0. The molecule has 0 aliphatic carbocycles. The third-order valence-electron chi connectivity index (χ3n) is 3.93. The molecule has 0 aliphatic rings. The van der Waals surface area contributed by atoms with E-state index in [1.165, 1.54) is 0 Å². The molecule has 1 heterocycles. The van der Waals surface area contributed by atoms with Crippen LogP contribution in [0.25, 0.3) is 16.6 Å². The van der Waals surface area contributed by atoms with Crippen LogP contribution in [0, 0.1) is 0 Å². The lowest BCUT2D eigenvalue weighted by Gasteiger charge is -2.09. The molecule has 0 spiro atoms. The first-order chi connectivity index (χ1) is 11.9. The highest BCUT2D eigenvalue weighted by molar-refractivity contribution is 7.89. The van der Waals surface area contributed by atoms with E-state index in [-0.39, 0.29) is 5.75 Å². The van der Waals surface area contributed by atoms with Gasteiger partial charge in [-0.05, 0) is 30.2 Å². The minimum atomic E-state index is -3.46. The Labute approximate surface area is 146 Å². The molecule has 2 N–H and O–H groups in total. The van der Waals surface area contributed by atoms with Gasteiger partial charge >= 0.3 is 0 Å². The zero-order chi connectivity index (χ0) is 18.0. The van der Waals surface area contributed by atoms with Gasteiger partial charge in [0.2, 0.25) is 10.0 Å². The van der Waals surface area contributed by atoms with Gasteiger partial charge in [-0.15, -0.1) is 0 Å². The Balaban J connectivity index is 1.94. The van der Waals surface area contributed by atoms with Crippen LogP contribution in [0.2, 0.25) is 0 Å². The summed E-state index contributed by atoms with van der Waals surface area (Å²) < 4.78 is 34.6. The molecule has 2 aromatic carbocycles. The summed E-state index contributed by atoms with van der Waals surface area (Å²) in [5.74, 6) is 1.20. The topological polar surface area (TPSA) is 96.4 Å². The fraction of sp³-hybridized carbons (Fsp3) is 0.235. The molecule has 0 bridgehead atoms. The van der Waals surface area contributed by atoms with E-state index in [9.17, 15) is 8.42 Å². The Hall–Kier alpha value is -2.58. The highest BCUT2D eigenvalue weighted by atomic mass is 32.2. The number of nitrogens with two attached hydrogens (primary N) is 1. The van der Waals surface area contributed by atoms with E-state index >= 15 is 0 Å². The van der Waals surface area contributed by atoms with Gasteiger partial charge in [0.25, 0.3) is 0 Å². The summed E-state index contributed by atoms with van der Waals surface area (Å²) in [6.07, 6.45) is 2.14. The van der Waals surface area contributed by atoms with Gasteiger partial charge in [-0.1, -0.05) is 12.1 Å². The second kappa shape index (κ2) is 6.73. The number of nitrogens with zero attached hydrogens (tertiary/aromatic N) is 2. The Morgan fingerprint density at radius 1 is 1.08 bits per heavy atom. The van der Waals surface area contributed by atoms with Crippen molar-refractivity contribution in [2.75, 3.05) is 20.0 Å². The Bertz CT molecular complexity index is 995. The molecule has 3 aromatic rings. The maximum absolute atomic E-state index is 11.1. The van der Waals surface area contributed by atoms with E-state index in [1.54, 1.807) is 25.1 Å². The molecule has 0 saturated carbocycles. The number of methoxy groups -OCH3 is 2. The van der Waals surface area contributed by atoms with Gasteiger partial charge in [0.05, 0.1) is 37.4 Å². The molecule has 0 aliphatic heterocycles. The van der Waals surface area contributed by atoms with Crippen LogP contribution in [0.3, 0.4) is 0 Å². The molecule has 25 heavy (non-hydrogen) atoms. The number of aryl methyl sites for hydroxylation is 1. The molecule has 0 atom stereocenters. The zero-order valence-corrected chi connectivity index (χ0v) is 14.8. The van der Waals surface area contributed by atoms with Crippen LogP contribution in [0.5, 0.6) is 11.5 Å². The standard InChI is InChI=1S/C17H19N3O4S/c1-23-16-9-13-11-19-20(15(13)10-17(16)24-2)14-5-3-12(4-6-14)7-8-25(18,21)22/h3-6,9-11H,7-8H2,1-2H3,(H2,18,21,22). The summed E-state index contributed by atoms with van der Waals surface area (Å²) in [5, 5.41) is 10.4. The predicted molar refractivity (Wildman–Crippen MR) is 95.9 cm³/mol. The summed E-state index contributed by atoms with van der Waals surface area (Å²) in [5.41, 5.74) is 2.64. The van der Waals surface area contributed by atoms with Gasteiger partial charge in [-0.2, -0.15) is 5.10 Å². The molecule has 3 rings (SSSR count). The molecule has 132 valence electrons. The van der Waals surface area contributed by atoms with Crippen molar-refractivity contribution in [1.29, 1.82) is 0 Å². The summed E-state index contributed by atoms with van der Waals surface area (Å²) in [6, 6.07) is 11.3. The second-order valence-electron chi connectivity index (χ2n) is 5.61. The molecule has 8 heteroatoms. The van der Waals surface area contributed by atoms with Crippen LogP contribution in [-0.2, 0) is 16.4 Å². The second-order valence-corrected chi connectivity index (χ2v) is 7.34. The van der Waals surface area contributed by atoms with Crippen LogP contribution in [0.4, 0.5) is 0 Å². The highest BCUT2D eigenvalue weighted by Gasteiger charge is 2.11. The lowest BCUT2D eigenvalue weighted by Crippen LogP contribution is -2.17. The smallest absolute Gasteiger partial charge is 0.209 e. The molecule has 0 saturated heterocycles. The first-order valence-corrected chi connectivity index (χ1v) is 9.32. The Morgan fingerprint density at radius 2 is 1.72 bits per heavy atom. The first-order valence-electron chi connectivity index (χ1n) is 7.61. The van der Waals surface area contributed by atoms with Crippen LogP contribution in [0.1, 0.15) is 5.56 Å². The lowest BCUT2D eigenvalue weighted by atomic mass is 10.1.